The first-order chi connectivity index (χ1) is 12.0. The molecule has 0 radical (unpaired) electrons. The minimum Gasteiger partial charge on any atom is -0.354 e. The highest BCUT2D eigenvalue weighted by molar-refractivity contribution is 6.22. The highest BCUT2D eigenvalue weighted by Gasteiger charge is 2.37. The van der Waals surface area contributed by atoms with Crippen LogP contribution >= 0.6 is 0 Å². The molecular formula is C19H25N3O4. The van der Waals surface area contributed by atoms with Crippen LogP contribution in [0.5, 0.6) is 0 Å². The Hall–Kier alpha value is -2.70. The fourth-order valence-electron chi connectivity index (χ4n) is 2.59. The molecule has 26 heavy (non-hydrogen) atoms. The quantitative estimate of drug-likeness (QED) is 0.616. The number of hydrogen-bond acceptors (Lipinski definition) is 4. The molecule has 1 aromatic rings. The molecule has 1 heterocycles. The molecule has 0 aliphatic carbocycles. The summed E-state index contributed by atoms with van der Waals surface area (Å²) in [7, 11) is 0. The molecule has 0 spiro atoms. The monoisotopic (exact) mass is 359 g/mol. The van der Waals surface area contributed by atoms with E-state index in [1.54, 1.807) is 13.8 Å². The molecule has 0 saturated heterocycles. The number of imide groups is 1. The number of nitrogens with zero attached hydrogens (tertiary/aromatic N) is 1. The van der Waals surface area contributed by atoms with E-state index in [2.05, 4.69) is 10.6 Å². The number of rotatable bonds is 5. The average Bonchev–Trinajstić information content (AvgIpc) is 2.81. The van der Waals surface area contributed by atoms with Crippen molar-refractivity contribution in [1.29, 1.82) is 0 Å². The summed E-state index contributed by atoms with van der Waals surface area (Å²) in [5.74, 6) is -1.17. The van der Waals surface area contributed by atoms with Crippen molar-refractivity contribution in [2.75, 3.05) is 13.1 Å². The molecule has 0 unspecified atom stereocenters. The molecule has 7 heteroatoms. The number of nitrogens with one attached hydrogen (secondary N) is 2. The predicted molar refractivity (Wildman–Crippen MR) is 96.9 cm³/mol. The number of carbonyl (C=O) groups excluding carboxylic acids is 4. The van der Waals surface area contributed by atoms with Gasteiger partial charge in [0.2, 0.25) is 5.91 Å². The topological polar surface area (TPSA) is 95.6 Å². The summed E-state index contributed by atoms with van der Waals surface area (Å²) in [6.07, 6.45) is 0. The lowest BCUT2D eigenvalue weighted by atomic mass is 9.96. The minimum absolute atomic E-state index is 0.0952. The third-order valence-electron chi connectivity index (χ3n) is 4.07. The van der Waals surface area contributed by atoms with Gasteiger partial charge in [-0.3, -0.25) is 24.1 Å². The van der Waals surface area contributed by atoms with Crippen molar-refractivity contribution in [1.82, 2.24) is 15.5 Å². The van der Waals surface area contributed by atoms with Gasteiger partial charge in [-0.1, -0.05) is 20.8 Å². The van der Waals surface area contributed by atoms with Crippen molar-refractivity contribution in [2.45, 2.75) is 40.7 Å². The maximum absolute atomic E-state index is 12.4. The number of benzene rings is 1. The van der Waals surface area contributed by atoms with Crippen molar-refractivity contribution in [2.24, 2.45) is 5.41 Å². The van der Waals surface area contributed by atoms with Gasteiger partial charge in [-0.25, -0.2) is 0 Å². The summed E-state index contributed by atoms with van der Waals surface area (Å²) in [4.78, 5) is 49.8. The zero-order valence-electron chi connectivity index (χ0n) is 15.8. The number of fused-ring (bicyclic) bond motifs is 1. The highest BCUT2D eigenvalue weighted by atomic mass is 16.2. The Morgan fingerprint density at radius 3 is 2.15 bits per heavy atom. The van der Waals surface area contributed by atoms with Crippen LogP contribution in [0.15, 0.2) is 18.2 Å². The Morgan fingerprint density at radius 2 is 1.58 bits per heavy atom. The van der Waals surface area contributed by atoms with Crippen molar-refractivity contribution in [3.8, 4) is 0 Å². The molecule has 2 rings (SSSR count). The Bertz CT molecular complexity index is 763. The van der Waals surface area contributed by atoms with E-state index in [0.717, 1.165) is 0 Å². The van der Waals surface area contributed by atoms with Crippen LogP contribution in [0, 0.1) is 5.41 Å². The fourth-order valence-corrected chi connectivity index (χ4v) is 2.59. The standard InChI is InChI=1S/C19H25N3O4/c1-11(2)22-16(24)13-7-6-12(10-14(13)17(22)25)15(23)20-8-9-21-18(26)19(3,4)5/h6-7,10-11H,8-9H2,1-5H3,(H,20,23)(H,21,26). The molecular weight excluding hydrogens is 334 g/mol. The summed E-state index contributed by atoms with van der Waals surface area (Å²) in [5, 5.41) is 5.44. The van der Waals surface area contributed by atoms with Crippen LogP contribution in [0.4, 0.5) is 0 Å². The van der Waals surface area contributed by atoms with Gasteiger partial charge in [0.05, 0.1) is 11.1 Å². The van der Waals surface area contributed by atoms with Gasteiger partial charge in [-0.15, -0.1) is 0 Å². The fraction of sp³-hybridized carbons (Fsp3) is 0.474. The largest absolute Gasteiger partial charge is 0.354 e. The van der Waals surface area contributed by atoms with Gasteiger partial charge in [0, 0.05) is 30.1 Å². The van der Waals surface area contributed by atoms with Crippen LogP contribution in [0.1, 0.15) is 65.7 Å². The van der Waals surface area contributed by atoms with Crippen molar-refractivity contribution in [3.63, 3.8) is 0 Å². The molecule has 1 aliphatic heterocycles. The predicted octanol–water partition coefficient (Wildman–Crippen LogP) is 1.58. The first-order valence-electron chi connectivity index (χ1n) is 8.62. The summed E-state index contributed by atoms with van der Waals surface area (Å²) in [5.41, 5.74) is 0.381. The Kier molecular flexibility index (Phi) is 5.49. The van der Waals surface area contributed by atoms with Crippen LogP contribution in [-0.2, 0) is 4.79 Å². The van der Waals surface area contributed by atoms with Crippen LogP contribution < -0.4 is 10.6 Å². The van der Waals surface area contributed by atoms with Gasteiger partial charge < -0.3 is 10.6 Å². The molecule has 0 fully saturated rings. The van der Waals surface area contributed by atoms with E-state index in [9.17, 15) is 19.2 Å². The van der Waals surface area contributed by atoms with E-state index in [-0.39, 0.29) is 41.8 Å². The molecule has 1 aliphatic rings. The second kappa shape index (κ2) is 7.27. The van der Waals surface area contributed by atoms with Crippen molar-refractivity contribution in [3.05, 3.63) is 34.9 Å². The zero-order chi connectivity index (χ0) is 19.6. The normalized spacial score (nSPS) is 13.8. The van der Waals surface area contributed by atoms with Gasteiger partial charge >= 0.3 is 0 Å². The minimum atomic E-state index is -0.487. The summed E-state index contributed by atoms with van der Waals surface area (Å²) >= 11 is 0. The average molecular weight is 359 g/mol. The van der Waals surface area contributed by atoms with Gasteiger partial charge in [-0.05, 0) is 32.0 Å². The second-order valence-electron chi connectivity index (χ2n) is 7.60. The van der Waals surface area contributed by atoms with Gasteiger partial charge in [-0.2, -0.15) is 0 Å². The lowest BCUT2D eigenvalue weighted by Crippen LogP contribution is -2.39. The SMILES string of the molecule is CC(C)N1C(=O)c2ccc(C(=O)NCCNC(=O)C(C)(C)C)cc2C1=O. The second-order valence-corrected chi connectivity index (χ2v) is 7.60. The van der Waals surface area contributed by atoms with E-state index in [0.29, 0.717) is 17.7 Å². The zero-order valence-corrected chi connectivity index (χ0v) is 15.8. The van der Waals surface area contributed by atoms with E-state index in [1.807, 2.05) is 20.8 Å². The Morgan fingerprint density at radius 1 is 1.00 bits per heavy atom. The van der Waals surface area contributed by atoms with Crippen LogP contribution in [0.2, 0.25) is 0 Å². The molecule has 2 N–H and O–H groups in total. The molecule has 0 saturated carbocycles. The Labute approximate surface area is 153 Å². The third kappa shape index (κ3) is 3.92. The van der Waals surface area contributed by atoms with Crippen molar-refractivity contribution >= 4 is 23.6 Å². The number of amides is 4. The molecule has 1 aromatic carbocycles. The molecule has 0 bridgehead atoms. The lowest BCUT2D eigenvalue weighted by Gasteiger charge is -2.17. The smallest absolute Gasteiger partial charge is 0.261 e. The van der Waals surface area contributed by atoms with E-state index in [4.69, 9.17) is 0 Å². The van der Waals surface area contributed by atoms with E-state index in [1.165, 1.54) is 23.1 Å². The van der Waals surface area contributed by atoms with Crippen molar-refractivity contribution < 1.29 is 19.2 Å². The molecule has 7 nitrogen and oxygen atoms in total. The molecule has 140 valence electrons. The van der Waals surface area contributed by atoms with Gasteiger partial charge in [0.15, 0.2) is 0 Å². The summed E-state index contributed by atoms with van der Waals surface area (Å²) in [6.45, 7) is 9.54. The maximum atomic E-state index is 12.4. The van der Waals surface area contributed by atoms with Crippen LogP contribution in [0.3, 0.4) is 0 Å². The van der Waals surface area contributed by atoms with Crippen LogP contribution in [-0.4, -0.2) is 47.7 Å². The van der Waals surface area contributed by atoms with E-state index >= 15 is 0 Å². The molecule has 0 atom stereocenters. The lowest BCUT2D eigenvalue weighted by molar-refractivity contribution is -0.128. The van der Waals surface area contributed by atoms with Gasteiger partial charge in [0.1, 0.15) is 0 Å². The van der Waals surface area contributed by atoms with E-state index < -0.39 is 5.41 Å². The molecule has 4 amide bonds. The number of carbonyl (C=O) groups is 4. The highest BCUT2D eigenvalue weighted by Crippen LogP contribution is 2.25. The maximum Gasteiger partial charge on any atom is 0.261 e. The van der Waals surface area contributed by atoms with Gasteiger partial charge in [0.25, 0.3) is 17.7 Å². The van der Waals surface area contributed by atoms with Crippen LogP contribution in [0.25, 0.3) is 0 Å². The first-order valence-corrected chi connectivity index (χ1v) is 8.62. The third-order valence-corrected chi connectivity index (χ3v) is 4.07. The molecule has 0 aromatic heterocycles. The first kappa shape index (κ1) is 19.6. The number of hydrogen-bond donors (Lipinski definition) is 2. The summed E-state index contributed by atoms with van der Waals surface area (Å²) < 4.78 is 0. The Balaban J connectivity index is 1.99. The summed E-state index contributed by atoms with van der Waals surface area (Å²) in [6, 6.07) is 4.23.